The Morgan fingerprint density at radius 3 is 2.64 bits per heavy atom. The molecule has 0 unspecified atom stereocenters. The lowest BCUT2D eigenvalue weighted by atomic mass is 10.1. The van der Waals surface area contributed by atoms with Crippen LogP contribution in [0.1, 0.15) is 22.3 Å². The van der Waals surface area contributed by atoms with Gasteiger partial charge < -0.3 is 0 Å². The summed E-state index contributed by atoms with van der Waals surface area (Å²) in [6.45, 7) is 0. The van der Waals surface area contributed by atoms with Crippen LogP contribution in [-0.2, 0) is 0 Å². The van der Waals surface area contributed by atoms with Crippen LogP contribution in [0, 0.1) is 5.82 Å². The minimum Gasteiger partial charge on any atom is -0.298 e. The number of hydrogen-bond donors (Lipinski definition) is 0. The minimum atomic E-state index is -0.403. The van der Waals surface area contributed by atoms with E-state index in [-0.39, 0.29) is 0 Å². The Morgan fingerprint density at radius 2 is 2.00 bits per heavy atom. The highest BCUT2D eigenvalue weighted by Gasteiger charge is 1.96. The van der Waals surface area contributed by atoms with E-state index in [0.717, 1.165) is 6.42 Å². The number of halogens is 2. The molecular weight excluding hydrogens is 203 g/mol. The molecule has 1 rings (SSSR count). The van der Waals surface area contributed by atoms with Gasteiger partial charge in [0, 0.05) is 11.4 Å². The smallest absolute Gasteiger partial charge is 0.150 e. The molecule has 0 saturated carbocycles. The fourth-order valence-corrected chi connectivity index (χ4v) is 1.21. The molecule has 0 fully saturated rings. The van der Waals surface area contributed by atoms with Gasteiger partial charge in [-0.3, -0.25) is 4.79 Å². The number of aldehydes is 1. The van der Waals surface area contributed by atoms with Crippen molar-refractivity contribution < 1.29 is 9.18 Å². The third kappa shape index (κ3) is 3.30. The van der Waals surface area contributed by atoms with Gasteiger partial charge in [0.05, 0.1) is 0 Å². The third-order valence-corrected chi connectivity index (χ3v) is 1.88. The van der Waals surface area contributed by atoms with Crippen molar-refractivity contribution in [1.29, 1.82) is 0 Å². The average molecular weight is 213 g/mol. The second-order valence-corrected chi connectivity index (χ2v) is 3.19. The number of carbonyl (C=O) groups excluding carboxylic acids is 1. The van der Waals surface area contributed by atoms with Crippen LogP contribution < -0.4 is 0 Å². The fourth-order valence-electron chi connectivity index (χ4n) is 1.08. The molecule has 0 amide bonds. The molecule has 0 spiro atoms. The molecule has 1 nitrogen and oxygen atoms in total. The summed E-state index contributed by atoms with van der Waals surface area (Å²) in [7, 11) is 0. The molecule has 0 heterocycles. The van der Waals surface area contributed by atoms with E-state index >= 15 is 0 Å². The number of benzene rings is 1. The highest BCUT2D eigenvalue weighted by molar-refractivity contribution is 6.17. The molecule has 0 aliphatic heterocycles. The Morgan fingerprint density at radius 1 is 1.29 bits per heavy atom. The Hall–Kier alpha value is -1.15. The van der Waals surface area contributed by atoms with Gasteiger partial charge in [0.25, 0.3) is 0 Å². The highest BCUT2D eigenvalue weighted by atomic mass is 35.5. The number of carbonyl (C=O) groups is 1. The molecule has 1 aromatic carbocycles. The molecule has 0 radical (unpaired) electrons. The van der Waals surface area contributed by atoms with Gasteiger partial charge in [-0.2, -0.15) is 0 Å². The number of allylic oxidation sites excluding steroid dienone is 1. The first-order valence-corrected chi connectivity index (χ1v) is 4.78. The van der Waals surface area contributed by atoms with Crippen molar-refractivity contribution in [3.63, 3.8) is 0 Å². The SMILES string of the molecule is O=Cc1cc(F)cc(C=CCCCl)c1. The molecule has 3 heteroatoms. The van der Waals surface area contributed by atoms with E-state index in [2.05, 4.69) is 0 Å². The van der Waals surface area contributed by atoms with Crippen molar-refractivity contribution in [3.8, 4) is 0 Å². The predicted molar refractivity (Wildman–Crippen MR) is 56.2 cm³/mol. The molecule has 0 bridgehead atoms. The summed E-state index contributed by atoms with van der Waals surface area (Å²) in [4.78, 5) is 10.4. The Labute approximate surface area is 87.2 Å². The second-order valence-electron chi connectivity index (χ2n) is 2.82. The van der Waals surface area contributed by atoms with E-state index in [1.807, 2.05) is 6.08 Å². The van der Waals surface area contributed by atoms with Crippen LogP contribution in [-0.4, -0.2) is 12.2 Å². The van der Waals surface area contributed by atoms with Gasteiger partial charge in [0.15, 0.2) is 0 Å². The molecular formula is C11H10ClFO. The van der Waals surface area contributed by atoms with E-state index in [1.165, 1.54) is 12.1 Å². The lowest BCUT2D eigenvalue weighted by Gasteiger charge is -1.96. The molecule has 0 saturated heterocycles. The minimum absolute atomic E-state index is 0.343. The zero-order chi connectivity index (χ0) is 10.4. The first kappa shape index (κ1) is 10.9. The molecule has 0 aliphatic rings. The standard InChI is InChI=1S/C11H10ClFO/c12-4-2-1-3-9-5-10(8-14)7-11(13)6-9/h1,3,5-8H,2,4H2. The van der Waals surface area contributed by atoms with E-state index in [9.17, 15) is 9.18 Å². The van der Waals surface area contributed by atoms with Crippen molar-refractivity contribution in [2.45, 2.75) is 6.42 Å². The first-order valence-electron chi connectivity index (χ1n) is 4.24. The van der Waals surface area contributed by atoms with Crippen LogP contribution in [0.25, 0.3) is 6.08 Å². The summed E-state index contributed by atoms with van der Waals surface area (Å²) in [5.74, 6) is 0.131. The van der Waals surface area contributed by atoms with Gasteiger partial charge in [-0.05, 0) is 30.2 Å². The summed E-state index contributed by atoms with van der Waals surface area (Å²) in [6, 6.07) is 4.20. The summed E-state index contributed by atoms with van der Waals surface area (Å²) >= 11 is 5.48. The van der Waals surface area contributed by atoms with E-state index < -0.39 is 5.82 Å². The van der Waals surface area contributed by atoms with Gasteiger partial charge in [-0.15, -0.1) is 11.6 Å². The van der Waals surface area contributed by atoms with Gasteiger partial charge >= 0.3 is 0 Å². The van der Waals surface area contributed by atoms with Crippen LogP contribution >= 0.6 is 11.6 Å². The number of alkyl halides is 1. The highest BCUT2D eigenvalue weighted by Crippen LogP contribution is 2.09. The zero-order valence-corrected chi connectivity index (χ0v) is 8.30. The van der Waals surface area contributed by atoms with Crippen LogP contribution in [0.4, 0.5) is 4.39 Å². The van der Waals surface area contributed by atoms with E-state index in [0.29, 0.717) is 23.3 Å². The Kier molecular flexibility index (Phi) is 4.33. The van der Waals surface area contributed by atoms with Gasteiger partial charge in [0.2, 0.25) is 0 Å². The summed E-state index contributed by atoms with van der Waals surface area (Å²) in [5, 5.41) is 0. The molecule has 0 aromatic heterocycles. The van der Waals surface area contributed by atoms with E-state index in [1.54, 1.807) is 12.1 Å². The maximum Gasteiger partial charge on any atom is 0.150 e. The van der Waals surface area contributed by atoms with Crippen LogP contribution in [0.3, 0.4) is 0 Å². The quantitative estimate of drug-likeness (QED) is 0.553. The molecule has 74 valence electrons. The van der Waals surface area contributed by atoms with Crippen molar-refractivity contribution in [2.24, 2.45) is 0 Å². The normalized spacial score (nSPS) is 10.7. The van der Waals surface area contributed by atoms with Crippen molar-refractivity contribution in [3.05, 3.63) is 41.2 Å². The topological polar surface area (TPSA) is 17.1 Å². The van der Waals surface area contributed by atoms with Gasteiger partial charge in [-0.1, -0.05) is 12.2 Å². The number of rotatable bonds is 4. The van der Waals surface area contributed by atoms with Crippen LogP contribution in [0.5, 0.6) is 0 Å². The summed E-state index contributed by atoms with van der Waals surface area (Å²) < 4.78 is 12.9. The third-order valence-electron chi connectivity index (χ3n) is 1.66. The largest absolute Gasteiger partial charge is 0.298 e. The second kappa shape index (κ2) is 5.55. The molecule has 0 N–H and O–H groups in total. The first-order chi connectivity index (χ1) is 6.76. The number of hydrogen-bond acceptors (Lipinski definition) is 1. The maximum absolute atomic E-state index is 12.9. The lowest BCUT2D eigenvalue weighted by Crippen LogP contribution is -1.85. The predicted octanol–water partition coefficient (Wildman–Crippen LogP) is 3.28. The monoisotopic (exact) mass is 212 g/mol. The zero-order valence-electron chi connectivity index (χ0n) is 7.54. The van der Waals surface area contributed by atoms with E-state index in [4.69, 9.17) is 11.6 Å². The molecule has 0 aliphatic carbocycles. The average Bonchev–Trinajstić information content (AvgIpc) is 2.17. The van der Waals surface area contributed by atoms with Crippen molar-refractivity contribution in [2.75, 3.05) is 5.88 Å². The molecule has 1 aromatic rings. The lowest BCUT2D eigenvalue weighted by molar-refractivity contribution is 0.112. The van der Waals surface area contributed by atoms with Gasteiger partial charge in [-0.25, -0.2) is 4.39 Å². The van der Waals surface area contributed by atoms with Crippen molar-refractivity contribution >= 4 is 24.0 Å². The molecule has 14 heavy (non-hydrogen) atoms. The van der Waals surface area contributed by atoms with Crippen LogP contribution in [0.2, 0.25) is 0 Å². The maximum atomic E-state index is 12.9. The molecule has 0 atom stereocenters. The van der Waals surface area contributed by atoms with Crippen LogP contribution in [0.15, 0.2) is 24.3 Å². The Bertz CT molecular complexity index is 347. The van der Waals surface area contributed by atoms with Crippen molar-refractivity contribution in [1.82, 2.24) is 0 Å². The van der Waals surface area contributed by atoms with Gasteiger partial charge in [0.1, 0.15) is 12.1 Å². The summed E-state index contributed by atoms with van der Waals surface area (Å²) in [6.07, 6.45) is 4.95. The fraction of sp³-hybridized carbons (Fsp3) is 0.182. The Balaban J connectivity index is 2.86. The summed E-state index contributed by atoms with van der Waals surface area (Å²) in [5.41, 5.74) is 1.02.